The molecule has 23 heavy (non-hydrogen) atoms. The second kappa shape index (κ2) is 9.64. The van der Waals surface area contributed by atoms with E-state index in [1.165, 1.54) is 10.5 Å². The highest BCUT2D eigenvalue weighted by Gasteiger charge is 2.04. The number of carbonyl (C=O) groups is 1. The molecule has 2 aromatic carbocycles. The molecule has 0 bridgehead atoms. The smallest absolute Gasteiger partial charge is 0.310 e. The van der Waals surface area contributed by atoms with Gasteiger partial charge < -0.3 is 4.74 Å². The van der Waals surface area contributed by atoms with E-state index in [2.05, 4.69) is 18.2 Å². The van der Waals surface area contributed by atoms with Crippen molar-refractivity contribution in [3.63, 3.8) is 0 Å². The lowest BCUT2D eigenvalue weighted by atomic mass is 10.1. The SMILES string of the molecule is CCOC(=O)Cc1ccc(CCCSc2cccc(Cl)c2)cc1. The third kappa shape index (κ3) is 6.67. The minimum absolute atomic E-state index is 0.168. The van der Waals surface area contributed by atoms with Gasteiger partial charge in [-0.15, -0.1) is 11.8 Å². The summed E-state index contributed by atoms with van der Waals surface area (Å²) in [6.45, 7) is 2.25. The summed E-state index contributed by atoms with van der Waals surface area (Å²) < 4.78 is 4.95. The Morgan fingerprint density at radius 2 is 1.87 bits per heavy atom. The van der Waals surface area contributed by atoms with Crippen molar-refractivity contribution in [2.75, 3.05) is 12.4 Å². The lowest BCUT2D eigenvalue weighted by molar-refractivity contribution is -0.142. The molecule has 0 spiro atoms. The number of esters is 1. The summed E-state index contributed by atoms with van der Waals surface area (Å²) in [6.07, 6.45) is 2.49. The van der Waals surface area contributed by atoms with Crippen LogP contribution in [0, 0.1) is 0 Å². The van der Waals surface area contributed by atoms with Crippen LogP contribution in [-0.4, -0.2) is 18.3 Å². The van der Waals surface area contributed by atoms with Crippen LogP contribution in [0.4, 0.5) is 0 Å². The molecule has 0 unspecified atom stereocenters. The van der Waals surface area contributed by atoms with Crippen LogP contribution < -0.4 is 0 Å². The van der Waals surface area contributed by atoms with Gasteiger partial charge in [-0.2, -0.15) is 0 Å². The van der Waals surface area contributed by atoms with Crippen LogP contribution in [0.25, 0.3) is 0 Å². The van der Waals surface area contributed by atoms with Crippen molar-refractivity contribution in [3.8, 4) is 0 Å². The summed E-state index contributed by atoms with van der Waals surface area (Å²) in [7, 11) is 0. The molecule has 0 saturated carbocycles. The maximum atomic E-state index is 11.4. The molecule has 0 aromatic heterocycles. The Hall–Kier alpha value is -1.45. The first-order chi connectivity index (χ1) is 11.2. The molecule has 0 saturated heterocycles. The quantitative estimate of drug-likeness (QED) is 0.374. The first kappa shape index (κ1) is 17.9. The molecule has 0 aliphatic heterocycles. The van der Waals surface area contributed by atoms with Crippen LogP contribution in [-0.2, 0) is 22.4 Å². The number of rotatable bonds is 8. The first-order valence-electron chi connectivity index (χ1n) is 7.79. The molecule has 2 aromatic rings. The fraction of sp³-hybridized carbons (Fsp3) is 0.316. The number of carbonyl (C=O) groups excluding carboxylic acids is 1. The summed E-state index contributed by atoms with van der Waals surface area (Å²) in [5.74, 6) is 0.892. The number of benzene rings is 2. The van der Waals surface area contributed by atoms with Gasteiger partial charge >= 0.3 is 5.97 Å². The van der Waals surface area contributed by atoms with Crippen LogP contribution in [0.2, 0.25) is 5.02 Å². The third-order valence-corrected chi connectivity index (χ3v) is 4.67. The molecule has 4 heteroatoms. The molecule has 2 nitrogen and oxygen atoms in total. The number of hydrogen-bond acceptors (Lipinski definition) is 3. The fourth-order valence-corrected chi connectivity index (χ4v) is 3.39. The number of ether oxygens (including phenoxy) is 1. The van der Waals surface area contributed by atoms with Crippen molar-refractivity contribution in [1.29, 1.82) is 0 Å². The zero-order chi connectivity index (χ0) is 16.5. The Morgan fingerprint density at radius 3 is 2.57 bits per heavy atom. The van der Waals surface area contributed by atoms with Gasteiger partial charge in [0.15, 0.2) is 0 Å². The lowest BCUT2D eigenvalue weighted by Gasteiger charge is -2.05. The topological polar surface area (TPSA) is 26.3 Å². The Morgan fingerprint density at radius 1 is 1.13 bits per heavy atom. The third-order valence-electron chi connectivity index (χ3n) is 3.35. The largest absolute Gasteiger partial charge is 0.466 e. The summed E-state index contributed by atoms with van der Waals surface area (Å²) in [6, 6.07) is 16.2. The average Bonchev–Trinajstić information content (AvgIpc) is 2.53. The van der Waals surface area contributed by atoms with E-state index in [4.69, 9.17) is 16.3 Å². The van der Waals surface area contributed by atoms with Crippen LogP contribution in [0.3, 0.4) is 0 Å². The van der Waals surface area contributed by atoms with Crippen LogP contribution in [0.5, 0.6) is 0 Å². The van der Waals surface area contributed by atoms with Crippen molar-refractivity contribution in [2.24, 2.45) is 0 Å². The molecule has 0 heterocycles. The van der Waals surface area contributed by atoms with Crippen LogP contribution >= 0.6 is 23.4 Å². The highest BCUT2D eigenvalue weighted by molar-refractivity contribution is 7.99. The van der Waals surface area contributed by atoms with E-state index in [9.17, 15) is 4.79 Å². The minimum atomic E-state index is -0.168. The van der Waals surface area contributed by atoms with Gasteiger partial charge in [0.2, 0.25) is 0 Å². The maximum Gasteiger partial charge on any atom is 0.310 e. The van der Waals surface area contributed by atoms with Gasteiger partial charge in [0.05, 0.1) is 13.0 Å². The van der Waals surface area contributed by atoms with Crippen molar-refractivity contribution < 1.29 is 9.53 Å². The van der Waals surface area contributed by atoms with Crippen LogP contribution in [0.1, 0.15) is 24.5 Å². The van der Waals surface area contributed by atoms with Crippen molar-refractivity contribution in [2.45, 2.75) is 31.1 Å². The van der Waals surface area contributed by atoms with Crippen molar-refractivity contribution >= 4 is 29.3 Å². The van der Waals surface area contributed by atoms with Gasteiger partial charge in [-0.3, -0.25) is 4.79 Å². The predicted molar refractivity (Wildman–Crippen MR) is 97.3 cm³/mol. The zero-order valence-electron chi connectivity index (χ0n) is 13.3. The van der Waals surface area contributed by atoms with E-state index >= 15 is 0 Å². The van der Waals surface area contributed by atoms with E-state index in [0.29, 0.717) is 13.0 Å². The molecular formula is C19H21ClO2S. The van der Waals surface area contributed by atoms with Gasteiger partial charge in [0, 0.05) is 9.92 Å². The Kier molecular flexibility index (Phi) is 7.50. The monoisotopic (exact) mass is 348 g/mol. The molecule has 0 atom stereocenters. The molecule has 0 fully saturated rings. The molecule has 0 amide bonds. The number of thioether (sulfide) groups is 1. The Bertz CT molecular complexity index is 626. The maximum absolute atomic E-state index is 11.4. The van der Waals surface area contributed by atoms with E-state index in [1.807, 2.05) is 49.0 Å². The van der Waals surface area contributed by atoms with Gasteiger partial charge in [-0.25, -0.2) is 0 Å². The summed E-state index contributed by atoms with van der Waals surface area (Å²) in [4.78, 5) is 12.6. The molecule has 122 valence electrons. The number of halogens is 1. The first-order valence-corrected chi connectivity index (χ1v) is 9.15. The minimum Gasteiger partial charge on any atom is -0.466 e. The predicted octanol–water partition coefficient (Wildman–Crippen LogP) is 5.17. The molecule has 2 rings (SSSR count). The lowest BCUT2D eigenvalue weighted by Crippen LogP contribution is -2.07. The van der Waals surface area contributed by atoms with Crippen LogP contribution in [0.15, 0.2) is 53.4 Å². The van der Waals surface area contributed by atoms with E-state index in [0.717, 1.165) is 29.2 Å². The van der Waals surface area contributed by atoms with Crippen molar-refractivity contribution in [1.82, 2.24) is 0 Å². The molecule has 0 aliphatic carbocycles. The highest BCUT2D eigenvalue weighted by Crippen LogP contribution is 2.22. The molecule has 0 radical (unpaired) electrons. The Labute approximate surface area is 147 Å². The summed E-state index contributed by atoms with van der Waals surface area (Å²) >= 11 is 7.80. The van der Waals surface area contributed by atoms with Crippen molar-refractivity contribution in [3.05, 3.63) is 64.7 Å². The number of hydrogen-bond donors (Lipinski definition) is 0. The summed E-state index contributed by atoms with van der Waals surface area (Å²) in [5, 5.41) is 0.784. The number of aryl methyl sites for hydroxylation is 1. The van der Waals surface area contributed by atoms with E-state index < -0.39 is 0 Å². The van der Waals surface area contributed by atoms with Gasteiger partial charge in [-0.05, 0) is 54.8 Å². The molecule has 0 N–H and O–H groups in total. The van der Waals surface area contributed by atoms with E-state index in [-0.39, 0.29) is 5.97 Å². The Balaban J connectivity index is 1.72. The van der Waals surface area contributed by atoms with Gasteiger partial charge in [0.1, 0.15) is 0 Å². The van der Waals surface area contributed by atoms with Gasteiger partial charge in [-0.1, -0.05) is 41.9 Å². The molecule has 0 aliphatic rings. The van der Waals surface area contributed by atoms with Gasteiger partial charge in [0.25, 0.3) is 0 Å². The summed E-state index contributed by atoms with van der Waals surface area (Å²) in [5.41, 5.74) is 2.30. The van der Waals surface area contributed by atoms with E-state index in [1.54, 1.807) is 0 Å². The average molecular weight is 349 g/mol. The fourth-order valence-electron chi connectivity index (χ4n) is 2.23. The molecular weight excluding hydrogens is 328 g/mol. The second-order valence-corrected chi connectivity index (χ2v) is 6.81. The zero-order valence-corrected chi connectivity index (χ0v) is 14.8. The standard InChI is InChI=1S/C19H21ClO2S/c1-2-22-19(21)13-16-10-8-15(9-11-16)5-4-12-23-18-7-3-6-17(20)14-18/h3,6-11,14H,2,4-5,12-13H2,1H3. The normalized spacial score (nSPS) is 10.5. The highest BCUT2D eigenvalue weighted by atomic mass is 35.5. The second-order valence-electron chi connectivity index (χ2n) is 5.21.